The molecule has 0 spiro atoms. The van der Waals surface area contributed by atoms with Gasteiger partial charge in [-0.05, 0) is 19.3 Å². The molecule has 16 heavy (non-hydrogen) atoms. The van der Waals surface area contributed by atoms with Crippen LogP contribution in [0.4, 0.5) is 5.82 Å². The van der Waals surface area contributed by atoms with E-state index in [1.807, 2.05) is 6.92 Å². The van der Waals surface area contributed by atoms with Crippen molar-refractivity contribution in [1.29, 1.82) is 0 Å². The maximum absolute atomic E-state index is 11.8. The zero-order valence-electron chi connectivity index (χ0n) is 9.45. The van der Waals surface area contributed by atoms with Crippen LogP contribution in [0, 0.1) is 0 Å². The number of nitrogens with two attached hydrogens (primary N) is 1. The molecule has 0 amide bonds. The third-order valence-electron chi connectivity index (χ3n) is 2.80. The van der Waals surface area contributed by atoms with Crippen LogP contribution in [0.2, 0.25) is 0 Å². The summed E-state index contributed by atoms with van der Waals surface area (Å²) in [7, 11) is 0. The molecule has 3 N–H and O–H groups in total. The minimum atomic E-state index is -0.125. The normalized spacial score (nSPS) is 20.2. The second-order valence-electron chi connectivity index (χ2n) is 4.07. The van der Waals surface area contributed by atoms with Crippen molar-refractivity contribution >= 4 is 5.82 Å². The third-order valence-corrected chi connectivity index (χ3v) is 2.80. The van der Waals surface area contributed by atoms with Gasteiger partial charge in [0, 0.05) is 6.61 Å². The van der Waals surface area contributed by atoms with Crippen molar-refractivity contribution in [3.8, 4) is 0 Å². The fourth-order valence-electron chi connectivity index (χ4n) is 1.97. The molecule has 0 bridgehead atoms. The summed E-state index contributed by atoms with van der Waals surface area (Å²) >= 11 is 0. The Bertz CT molecular complexity index is 422. The summed E-state index contributed by atoms with van der Waals surface area (Å²) in [5, 5.41) is 0. The molecule has 1 aliphatic rings. The second kappa shape index (κ2) is 4.65. The SMILES string of the molecule is CCCc1c(N)nc(C2CCCO2)[nH]c1=O. The Morgan fingerprint density at radius 1 is 1.62 bits per heavy atom. The van der Waals surface area contributed by atoms with Gasteiger partial charge >= 0.3 is 0 Å². The number of hydrogen-bond donors (Lipinski definition) is 2. The lowest BCUT2D eigenvalue weighted by Gasteiger charge is -2.10. The van der Waals surface area contributed by atoms with Crippen molar-refractivity contribution in [2.75, 3.05) is 12.3 Å². The van der Waals surface area contributed by atoms with Crippen LogP contribution >= 0.6 is 0 Å². The van der Waals surface area contributed by atoms with E-state index < -0.39 is 0 Å². The van der Waals surface area contributed by atoms with Gasteiger partial charge in [-0.3, -0.25) is 4.79 Å². The van der Waals surface area contributed by atoms with Crippen LogP contribution in [0.3, 0.4) is 0 Å². The molecule has 1 unspecified atom stereocenters. The lowest BCUT2D eigenvalue weighted by Crippen LogP contribution is -2.21. The number of nitrogens with one attached hydrogen (secondary N) is 1. The first-order valence-corrected chi connectivity index (χ1v) is 5.72. The minimum Gasteiger partial charge on any atom is -0.383 e. The van der Waals surface area contributed by atoms with E-state index in [0.717, 1.165) is 25.9 Å². The summed E-state index contributed by atoms with van der Waals surface area (Å²) in [5.74, 6) is 0.913. The maximum Gasteiger partial charge on any atom is 0.256 e. The number of hydrogen-bond acceptors (Lipinski definition) is 4. The van der Waals surface area contributed by atoms with E-state index in [1.54, 1.807) is 0 Å². The molecule has 5 nitrogen and oxygen atoms in total. The Balaban J connectivity index is 2.32. The molecule has 1 aromatic heterocycles. The summed E-state index contributed by atoms with van der Waals surface area (Å²) in [4.78, 5) is 18.8. The molecule has 1 atom stereocenters. The Kier molecular flexibility index (Phi) is 3.24. The first-order chi connectivity index (χ1) is 7.72. The molecule has 1 fully saturated rings. The van der Waals surface area contributed by atoms with Crippen molar-refractivity contribution in [3.05, 3.63) is 21.7 Å². The van der Waals surface area contributed by atoms with Gasteiger partial charge in [0.05, 0.1) is 5.56 Å². The van der Waals surface area contributed by atoms with E-state index in [0.29, 0.717) is 23.6 Å². The molecule has 0 saturated carbocycles. The molecule has 1 saturated heterocycles. The average molecular weight is 223 g/mol. The highest BCUT2D eigenvalue weighted by Crippen LogP contribution is 2.25. The Morgan fingerprint density at radius 2 is 2.44 bits per heavy atom. The van der Waals surface area contributed by atoms with Gasteiger partial charge in [-0.15, -0.1) is 0 Å². The smallest absolute Gasteiger partial charge is 0.256 e. The topological polar surface area (TPSA) is 81.0 Å². The van der Waals surface area contributed by atoms with Crippen molar-refractivity contribution in [1.82, 2.24) is 9.97 Å². The molecule has 2 heterocycles. The van der Waals surface area contributed by atoms with E-state index >= 15 is 0 Å². The number of H-pyrrole nitrogens is 1. The van der Waals surface area contributed by atoms with Gasteiger partial charge in [0.1, 0.15) is 17.7 Å². The number of nitrogens with zero attached hydrogens (tertiary/aromatic N) is 1. The molecule has 1 aromatic rings. The minimum absolute atomic E-state index is 0.0920. The van der Waals surface area contributed by atoms with E-state index in [2.05, 4.69) is 9.97 Å². The Hall–Kier alpha value is -1.36. The first-order valence-electron chi connectivity index (χ1n) is 5.72. The highest BCUT2D eigenvalue weighted by atomic mass is 16.5. The zero-order chi connectivity index (χ0) is 11.5. The molecule has 2 rings (SSSR count). The van der Waals surface area contributed by atoms with Gasteiger partial charge in [0.15, 0.2) is 0 Å². The number of nitrogen functional groups attached to an aromatic ring is 1. The summed E-state index contributed by atoms with van der Waals surface area (Å²) < 4.78 is 5.46. The van der Waals surface area contributed by atoms with Gasteiger partial charge in [-0.2, -0.15) is 0 Å². The summed E-state index contributed by atoms with van der Waals surface area (Å²) in [5.41, 5.74) is 6.25. The number of ether oxygens (including phenoxy) is 1. The molecule has 0 radical (unpaired) electrons. The highest BCUT2D eigenvalue weighted by molar-refractivity contribution is 5.37. The van der Waals surface area contributed by atoms with Crippen LogP contribution in [-0.4, -0.2) is 16.6 Å². The summed E-state index contributed by atoms with van der Waals surface area (Å²) in [6.07, 6.45) is 3.36. The average Bonchev–Trinajstić information content (AvgIpc) is 2.76. The lowest BCUT2D eigenvalue weighted by atomic mass is 10.1. The van der Waals surface area contributed by atoms with Gasteiger partial charge < -0.3 is 15.5 Å². The van der Waals surface area contributed by atoms with Crippen molar-refractivity contribution in [2.45, 2.75) is 38.7 Å². The highest BCUT2D eigenvalue weighted by Gasteiger charge is 2.21. The first kappa shape index (κ1) is 11.1. The van der Waals surface area contributed by atoms with Crippen molar-refractivity contribution in [3.63, 3.8) is 0 Å². The molecule has 0 aliphatic carbocycles. The standard InChI is InChI=1S/C11H17N3O2/c1-2-4-7-9(12)13-10(14-11(7)15)8-5-3-6-16-8/h8H,2-6H2,1H3,(H3,12,13,14,15). The number of rotatable bonds is 3. The monoisotopic (exact) mass is 223 g/mol. The molecule has 0 aromatic carbocycles. The molecule has 1 aliphatic heterocycles. The third kappa shape index (κ3) is 2.09. The van der Waals surface area contributed by atoms with Gasteiger partial charge in [0.25, 0.3) is 5.56 Å². The van der Waals surface area contributed by atoms with E-state index in [9.17, 15) is 4.79 Å². The van der Waals surface area contributed by atoms with E-state index in [4.69, 9.17) is 10.5 Å². The van der Waals surface area contributed by atoms with Crippen LogP contribution < -0.4 is 11.3 Å². The summed E-state index contributed by atoms with van der Waals surface area (Å²) in [6, 6.07) is 0. The second-order valence-corrected chi connectivity index (χ2v) is 4.07. The van der Waals surface area contributed by atoms with Gasteiger partial charge in [0.2, 0.25) is 0 Å². The predicted octanol–water partition coefficient (Wildman–Crippen LogP) is 1.16. The van der Waals surface area contributed by atoms with Crippen LogP contribution in [0.5, 0.6) is 0 Å². The largest absolute Gasteiger partial charge is 0.383 e. The number of aromatic amines is 1. The molecule has 5 heteroatoms. The number of anilines is 1. The van der Waals surface area contributed by atoms with Crippen LogP contribution in [0.15, 0.2) is 4.79 Å². The van der Waals surface area contributed by atoms with E-state index in [-0.39, 0.29) is 11.7 Å². The quantitative estimate of drug-likeness (QED) is 0.805. The summed E-state index contributed by atoms with van der Waals surface area (Å²) in [6.45, 7) is 2.73. The van der Waals surface area contributed by atoms with Crippen LogP contribution in [-0.2, 0) is 11.2 Å². The number of aromatic nitrogens is 2. The molecule has 88 valence electrons. The lowest BCUT2D eigenvalue weighted by molar-refractivity contribution is 0.105. The van der Waals surface area contributed by atoms with Gasteiger partial charge in [-0.1, -0.05) is 13.3 Å². The van der Waals surface area contributed by atoms with Crippen molar-refractivity contribution < 1.29 is 4.74 Å². The zero-order valence-corrected chi connectivity index (χ0v) is 9.45. The van der Waals surface area contributed by atoms with Crippen LogP contribution in [0.1, 0.15) is 43.7 Å². The van der Waals surface area contributed by atoms with E-state index in [1.165, 1.54) is 0 Å². The fourth-order valence-corrected chi connectivity index (χ4v) is 1.97. The fraction of sp³-hybridized carbons (Fsp3) is 0.636. The Morgan fingerprint density at radius 3 is 3.00 bits per heavy atom. The molecular formula is C11H17N3O2. The predicted molar refractivity (Wildman–Crippen MR) is 61.2 cm³/mol. The maximum atomic E-state index is 11.8. The molecular weight excluding hydrogens is 206 g/mol. The van der Waals surface area contributed by atoms with Gasteiger partial charge in [-0.25, -0.2) is 4.98 Å². The van der Waals surface area contributed by atoms with Crippen molar-refractivity contribution in [2.24, 2.45) is 0 Å². The van der Waals surface area contributed by atoms with Crippen LogP contribution in [0.25, 0.3) is 0 Å². The Labute approximate surface area is 94.0 Å².